The summed E-state index contributed by atoms with van der Waals surface area (Å²) in [6, 6.07) is 13.9. The summed E-state index contributed by atoms with van der Waals surface area (Å²) in [6.45, 7) is 1.42. The minimum absolute atomic E-state index is 0.0844. The maximum atomic E-state index is 11.9. The summed E-state index contributed by atoms with van der Waals surface area (Å²) in [5, 5.41) is 11.2. The zero-order chi connectivity index (χ0) is 17.1. The van der Waals surface area contributed by atoms with Crippen LogP contribution in [0.2, 0.25) is 0 Å². The zero-order valence-corrected chi connectivity index (χ0v) is 13.0. The minimum atomic E-state index is -1.07. The normalized spacial score (nSPS) is 12.0. The van der Waals surface area contributed by atoms with Gasteiger partial charge in [0.2, 0.25) is 11.8 Å². The van der Waals surface area contributed by atoms with Crippen LogP contribution in [0.5, 0.6) is 0 Å². The molecule has 6 heteroatoms. The summed E-state index contributed by atoms with van der Waals surface area (Å²) in [6.07, 6.45) is 0.0844. The van der Waals surface area contributed by atoms with E-state index in [2.05, 4.69) is 10.3 Å². The Labute approximate surface area is 138 Å². The molecule has 1 unspecified atom stereocenters. The number of carbonyl (C=O) groups excluding carboxylic acids is 1. The Balaban J connectivity index is 1.79. The van der Waals surface area contributed by atoms with Crippen molar-refractivity contribution >= 4 is 23.0 Å². The predicted molar refractivity (Wildman–Crippen MR) is 88.4 cm³/mol. The van der Waals surface area contributed by atoms with Gasteiger partial charge in [0.05, 0.1) is 6.42 Å². The number of hydrogen-bond acceptors (Lipinski definition) is 4. The minimum Gasteiger partial charge on any atom is -0.480 e. The molecule has 3 rings (SSSR count). The Hall–Kier alpha value is -3.15. The van der Waals surface area contributed by atoms with Crippen molar-refractivity contribution in [3.8, 4) is 11.5 Å². The molecule has 2 aromatic carbocycles. The second kappa shape index (κ2) is 6.54. The van der Waals surface area contributed by atoms with Gasteiger partial charge in [-0.25, -0.2) is 4.98 Å². The van der Waals surface area contributed by atoms with E-state index in [4.69, 9.17) is 9.52 Å². The van der Waals surface area contributed by atoms with Gasteiger partial charge in [0.25, 0.3) is 0 Å². The van der Waals surface area contributed by atoms with Crippen molar-refractivity contribution < 1.29 is 19.1 Å². The van der Waals surface area contributed by atoms with Crippen LogP contribution in [-0.4, -0.2) is 28.0 Å². The molecular formula is C18H16N2O4. The highest BCUT2D eigenvalue weighted by Gasteiger charge is 2.15. The molecular weight excluding hydrogens is 308 g/mol. The van der Waals surface area contributed by atoms with Crippen molar-refractivity contribution in [3.05, 3.63) is 54.1 Å². The van der Waals surface area contributed by atoms with Gasteiger partial charge < -0.3 is 14.8 Å². The van der Waals surface area contributed by atoms with Crippen LogP contribution in [0.3, 0.4) is 0 Å². The molecule has 0 radical (unpaired) electrons. The summed E-state index contributed by atoms with van der Waals surface area (Å²) in [5.41, 5.74) is 2.91. The standard InChI is InChI=1S/C18H16N2O4/c1-11(18(22)23)19-16(21)10-12-7-8-15-14(9-12)20-17(24-15)13-5-3-2-4-6-13/h2-9,11H,10H2,1H3,(H,19,21)(H,22,23). The fourth-order valence-corrected chi connectivity index (χ4v) is 2.33. The lowest BCUT2D eigenvalue weighted by molar-refractivity contribution is -0.141. The number of aliphatic carboxylic acids is 1. The van der Waals surface area contributed by atoms with E-state index in [1.165, 1.54) is 6.92 Å². The Bertz CT molecular complexity index is 886. The van der Waals surface area contributed by atoms with Crippen LogP contribution >= 0.6 is 0 Å². The number of nitrogens with one attached hydrogen (secondary N) is 1. The van der Waals surface area contributed by atoms with Gasteiger partial charge >= 0.3 is 5.97 Å². The van der Waals surface area contributed by atoms with Gasteiger partial charge in [-0.2, -0.15) is 0 Å². The number of carbonyl (C=O) groups is 2. The Morgan fingerprint density at radius 2 is 1.96 bits per heavy atom. The molecule has 1 atom stereocenters. The molecule has 0 aliphatic carbocycles. The number of fused-ring (bicyclic) bond motifs is 1. The predicted octanol–water partition coefficient (Wildman–Crippen LogP) is 2.63. The molecule has 0 bridgehead atoms. The maximum Gasteiger partial charge on any atom is 0.325 e. The SMILES string of the molecule is CC(NC(=O)Cc1ccc2oc(-c3ccccc3)nc2c1)C(=O)O. The molecule has 1 aromatic heterocycles. The largest absolute Gasteiger partial charge is 0.480 e. The Morgan fingerprint density at radius 3 is 2.67 bits per heavy atom. The fourth-order valence-electron chi connectivity index (χ4n) is 2.33. The lowest BCUT2D eigenvalue weighted by Crippen LogP contribution is -2.39. The molecule has 0 aliphatic heterocycles. The third-order valence-corrected chi connectivity index (χ3v) is 3.59. The van der Waals surface area contributed by atoms with Crippen LogP contribution in [0, 0.1) is 0 Å². The van der Waals surface area contributed by atoms with E-state index in [9.17, 15) is 9.59 Å². The number of benzene rings is 2. The molecule has 3 aromatic rings. The lowest BCUT2D eigenvalue weighted by Gasteiger charge is -2.08. The van der Waals surface area contributed by atoms with Gasteiger partial charge in [-0.05, 0) is 36.8 Å². The van der Waals surface area contributed by atoms with Crippen molar-refractivity contribution in [1.82, 2.24) is 10.3 Å². The summed E-state index contributed by atoms with van der Waals surface area (Å²) in [7, 11) is 0. The highest BCUT2D eigenvalue weighted by Crippen LogP contribution is 2.24. The van der Waals surface area contributed by atoms with Crippen LogP contribution in [-0.2, 0) is 16.0 Å². The molecule has 0 saturated carbocycles. The van der Waals surface area contributed by atoms with Gasteiger partial charge in [0.15, 0.2) is 5.58 Å². The van der Waals surface area contributed by atoms with Gasteiger partial charge in [-0.3, -0.25) is 9.59 Å². The van der Waals surface area contributed by atoms with Gasteiger partial charge in [0.1, 0.15) is 11.6 Å². The maximum absolute atomic E-state index is 11.9. The molecule has 2 N–H and O–H groups in total. The average molecular weight is 324 g/mol. The van der Waals surface area contributed by atoms with E-state index in [-0.39, 0.29) is 12.3 Å². The third-order valence-electron chi connectivity index (χ3n) is 3.59. The van der Waals surface area contributed by atoms with Crippen LogP contribution in [0.25, 0.3) is 22.6 Å². The van der Waals surface area contributed by atoms with Crippen LogP contribution < -0.4 is 5.32 Å². The van der Waals surface area contributed by atoms with Crippen LogP contribution in [0.4, 0.5) is 0 Å². The van der Waals surface area contributed by atoms with Crippen molar-refractivity contribution in [3.63, 3.8) is 0 Å². The van der Waals surface area contributed by atoms with E-state index in [0.717, 1.165) is 11.1 Å². The highest BCUT2D eigenvalue weighted by molar-refractivity contribution is 5.85. The number of rotatable bonds is 5. The number of aromatic nitrogens is 1. The summed E-state index contributed by atoms with van der Waals surface area (Å²) < 4.78 is 5.72. The molecule has 1 heterocycles. The third kappa shape index (κ3) is 3.43. The Morgan fingerprint density at radius 1 is 1.21 bits per heavy atom. The van der Waals surface area contributed by atoms with Gasteiger partial charge in [-0.15, -0.1) is 0 Å². The number of nitrogens with zero attached hydrogens (tertiary/aromatic N) is 1. The molecule has 122 valence electrons. The molecule has 1 amide bonds. The summed E-state index contributed by atoms with van der Waals surface area (Å²) in [5.74, 6) is -0.898. The summed E-state index contributed by atoms with van der Waals surface area (Å²) in [4.78, 5) is 27.1. The summed E-state index contributed by atoms with van der Waals surface area (Å²) >= 11 is 0. The second-order valence-corrected chi connectivity index (χ2v) is 5.49. The van der Waals surface area contributed by atoms with Crippen molar-refractivity contribution in [1.29, 1.82) is 0 Å². The van der Waals surface area contributed by atoms with Crippen molar-refractivity contribution in [2.24, 2.45) is 0 Å². The lowest BCUT2D eigenvalue weighted by atomic mass is 10.1. The number of amides is 1. The average Bonchev–Trinajstić information content (AvgIpc) is 2.98. The van der Waals surface area contributed by atoms with E-state index in [1.54, 1.807) is 18.2 Å². The first-order chi connectivity index (χ1) is 11.5. The van der Waals surface area contributed by atoms with E-state index >= 15 is 0 Å². The molecule has 0 fully saturated rings. The Kier molecular flexibility index (Phi) is 4.29. The first-order valence-electron chi connectivity index (χ1n) is 7.50. The molecule has 0 aliphatic rings. The second-order valence-electron chi connectivity index (χ2n) is 5.49. The number of carboxylic acid groups (broad SMARTS) is 1. The van der Waals surface area contributed by atoms with Crippen molar-refractivity contribution in [2.75, 3.05) is 0 Å². The monoisotopic (exact) mass is 324 g/mol. The molecule has 24 heavy (non-hydrogen) atoms. The number of hydrogen-bond donors (Lipinski definition) is 2. The van der Waals surface area contributed by atoms with Gasteiger partial charge in [0, 0.05) is 5.56 Å². The van der Waals surface area contributed by atoms with E-state index in [0.29, 0.717) is 17.0 Å². The molecule has 6 nitrogen and oxygen atoms in total. The topological polar surface area (TPSA) is 92.4 Å². The quantitative estimate of drug-likeness (QED) is 0.752. The highest BCUT2D eigenvalue weighted by atomic mass is 16.4. The number of oxazole rings is 1. The van der Waals surface area contributed by atoms with Crippen molar-refractivity contribution in [2.45, 2.75) is 19.4 Å². The fraction of sp³-hybridized carbons (Fsp3) is 0.167. The number of carboxylic acids is 1. The smallest absolute Gasteiger partial charge is 0.325 e. The first-order valence-corrected chi connectivity index (χ1v) is 7.50. The molecule has 0 spiro atoms. The zero-order valence-electron chi connectivity index (χ0n) is 13.0. The van der Waals surface area contributed by atoms with E-state index < -0.39 is 12.0 Å². The molecule has 0 saturated heterocycles. The van der Waals surface area contributed by atoms with E-state index in [1.807, 2.05) is 30.3 Å². The van der Waals surface area contributed by atoms with Crippen LogP contribution in [0.1, 0.15) is 12.5 Å². The first kappa shape index (κ1) is 15.7. The van der Waals surface area contributed by atoms with Crippen LogP contribution in [0.15, 0.2) is 52.9 Å². The van der Waals surface area contributed by atoms with Gasteiger partial charge in [-0.1, -0.05) is 24.3 Å².